The van der Waals surface area contributed by atoms with E-state index in [-0.39, 0.29) is 5.91 Å². The van der Waals surface area contributed by atoms with Crippen molar-refractivity contribution in [2.45, 2.75) is 19.0 Å². The first-order valence-electron chi connectivity index (χ1n) is 9.99. The summed E-state index contributed by atoms with van der Waals surface area (Å²) in [4.78, 5) is 16.3. The highest BCUT2D eigenvalue weighted by molar-refractivity contribution is 5.77. The summed E-state index contributed by atoms with van der Waals surface area (Å²) < 4.78 is 49.9. The molecular formula is C22H23F3N2O3. The molecule has 2 aromatic carbocycles. The van der Waals surface area contributed by atoms with Crippen molar-refractivity contribution in [2.24, 2.45) is 0 Å². The summed E-state index contributed by atoms with van der Waals surface area (Å²) in [6.45, 7) is 3.07. The van der Waals surface area contributed by atoms with Gasteiger partial charge in [0.05, 0.1) is 5.56 Å². The zero-order valence-electron chi connectivity index (χ0n) is 16.5. The molecular weight excluding hydrogens is 397 g/mol. The maximum Gasteiger partial charge on any atom is 0.416 e. The van der Waals surface area contributed by atoms with Gasteiger partial charge in [-0.2, -0.15) is 13.2 Å². The summed E-state index contributed by atoms with van der Waals surface area (Å²) in [7, 11) is 0. The first kappa shape index (κ1) is 20.4. The molecule has 2 aliphatic heterocycles. The van der Waals surface area contributed by atoms with E-state index in [0.717, 1.165) is 17.4 Å². The molecule has 2 aliphatic rings. The van der Waals surface area contributed by atoms with E-state index < -0.39 is 11.7 Å². The third kappa shape index (κ3) is 4.63. The maximum atomic E-state index is 12.9. The summed E-state index contributed by atoms with van der Waals surface area (Å²) >= 11 is 0. The van der Waals surface area contributed by atoms with Crippen LogP contribution in [0.1, 0.15) is 17.5 Å². The lowest BCUT2D eigenvalue weighted by atomic mass is 10.1. The fraction of sp³-hybridized carbons (Fsp3) is 0.409. The fourth-order valence-corrected chi connectivity index (χ4v) is 3.75. The first-order valence-corrected chi connectivity index (χ1v) is 9.99. The number of nitrogens with zero attached hydrogens (tertiary/aromatic N) is 2. The Morgan fingerprint density at radius 2 is 1.67 bits per heavy atom. The van der Waals surface area contributed by atoms with Crippen LogP contribution in [0.3, 0.4) is 0 Å². The molecule has 0 bridgehead atoms. The molecule has 1 amide bonds. The third-order valence-electron chi connectivity index (χ3n) is 5.41. The van der Waals surface area contributed by atoms with Crippen LogP contribution in [0.15, 0.2) is 42.5 Å². The lowest BCUT2D eigenvalue weighted by Crippen LogP contribution is -2.48. The lowest BCUT2D eigenvalue weighted by Gasteiger charge is -2.36. The minimum Gasteiger partial charge on any atom is -0.486 e. The van der Waals surface area contributed by atoms with E-state index in [1.54, 1.807) is 11.0 Å². The Labute approximate surface area is 173 Å². The van der Waals surface area contributed by atoms with Gasteiger partial charge in [-0.15, -0.1) is 0 Å². The number of aryl methyl sites for hydroxylation is 1. The predicted molar refractivity (Wildman–Crippen MR) is 106 cm³/mol. The highest BCUT2D eigenvalue weighted by Crippen LogP contribution is 2.32. The maximum absolute atomic E-state index is 12.9. The van der Waals surface area contributed by atoms with Crippen LogP contribution < -0.4 is 14.4 Å². The third-order valence-corrected chi connectivity index (χ3v) is 5.41. The SMILES string of the molecule is O=C(CCc1ccc2c(c1)OCCO2)N1CCN(c2cccc(C(F)(F)F)c2)CC1. The Morgan fingerprint density at radius 3 is 2.40 bits per heavy atom. The number of rotatable bonds is 4. The van der Waals surface area contributed by atoms with E-state index >= 15 is 0 Å². The average Bonchev–Trinajstić information content (AvgIpc) is 2.77. The van der Waals surface area contributed by atoms with Crippen molar-refractivity contribution in [3.8, 4) is 11.5 Å². The van der Waals surface area contributed by atoms with E-state index in [9.17, 15) is 18.0 Å². The molecule has 8 heteroatoms. The van der Waals surface area contributed by atoms with Crippen LogP contribution in [0.4, 0.5) is 18.9 Å². The number of anilines is 1. The number of fused-ring (bicyclic) bond motifs is 1. The number of carbonyl (C=O) groups excluding carboxylic acids is 1. The molecule has 0 saturated carbocycles. The number of piperazine rings is 1. The fourth-order valence-electron chi connectivity index (χ4n) is 3.75. The molecule has 2 aromatic rings. The van der Waals surface area contributed by atoms with Gasteiger partial charge in [0.25, 0.3) is 0 Å². The molecule has 1 fully saturated rings. The number of alkyl halides is 3. The summed E-state index contributed by atoms with van der Waals surface area (Å²) in [6, 6.07) is 11.0. The average molecular weight is 420 g/mol. The monoisotopic (exact) mass is 420 g/mol. The van der Waals surface area contributed by atoms with Crippen LogP contribution >= 0.6 is 0 Å². The van der Waals surface area contributed by atoms with Gasteiger partial charge in [-0.3, -0.25) is 4.79 Å². The lowest BCUT2D eigenvalue weighted by molar-refractivity contribution is -0.137. The molecule has 30 heavy (non-hydrogen) atoms. The van der Waals surface area contributed by atoms with E-state index in [1.165, 1.54) is 12.1 Å². The van der Waals surface area contributed by atoms with Crippen LogP contribution in [-0.4, -0.2) is 50.2 Å². The van der Waals surface area contributed by atoms with Gasteiger partial charge < -0.3 is 19.3 Å². The Bertz CT molecular complexity index is 909. The summed E-state index contributed by atoms with van der Waals surface area (Å²) in [6.07, 6.45) is -3.38. The van der Waals surface area contributed by atoms with Gasteiger partial charge in [-0.05, 0) is 42.3 Å². The largest absolute Gasteiger partial charge is 0.486 e. The summed E-state index contributed by atoms with van der Waals surface area (Å²) in [5.74, 6) is 1.48. The predicted octanol–water partition coefficient (Wildman–Crippen LogP) is 3.76. The van der Waals surface area contributed by atoms with E-state index in [2.05, 4.69) is 0 Å². The van der Waals surface area contributed by atoms with Crippen LogP contribution in [0.5, 0.6) is 11.5 Å². The minimum atomic E-state index is -4.36. The number of hydrogen-bond acceptors (Lipinski definition) is 4. The number of carbonyl (C=O) groups is 1. The Balaban J connectivity index is 1.29. The van der Waals surface area contributed by atoms with Crippen molar-refractivity contribution in [3.63, 3.8) is 0 Å². The van der Waals surface area contributed by atoms with E-state index in [1.807, 2.05) is 23.1 Å². The number of hydrogen-bond donors (Lipinski definition) is 0. The minimum absolute atomic E-state index is 0.0496. The molecule has 0 N–H and O–H groups in total. The Morgan fingerprint density at radius 1 is 0.933 bits per heavy atom. The van der Waals surface area contributed by atoms with Crippen LogP contribution in [-0.2, 0) is 17.4 Å². The number of halogens is 3. The quantitative estimate of drug-likeness (QED) is 0.756. The van der Waals surface area contributed by atoms with Crippen molar-refractivity contribution < 1.29 is 27.4 Å². The standard InChI is InChI=1S/C22H23F3N2O3/c23-22(24,25)17-2-1-3-18(15-17)26-8-10-27(11-9-26)21(28)7-5-16-4-6-19-20(14-16)30-13-12-29-19/h1-4,6,14-15H,5,7-13H2. The number of amides is 1. The van der Waals surface area contributed by atoms with Crippen molar-refractivity contribution in [1.29, 1.82) is 0 Å². The second kappa shape index (κ2) is 8.45. The number of benzene rings is 2. The molecule has 0 radical (unpaired) electrons. The first-order chi connectivity index (χ1) is 14.4. The molecule has 0 spiro atoms. The topological polar surface area (TPSA) is 42.0 Å². The Kier molecular flexibility index (Phi) is 5.74. The summed E-state index contributed by atoms with van der Waals surface area (Å²) in [5.41, 5.74) is 0.890. The second-order valence-electron chi connectivity index (χ2n) is 7.39. The van der Waals surface area contributed by atoms with Crippen molar-refractivity contribution in [1.82, 2.24) is 4.90 Å². The van der Waals surface area contributed by atoms with Gasteiger partial charge in [0, 0.05) is 38.3 Å². The Hall–Kier alpha value is -2.90. The molecule has 0 aliphatic carbocycles. The highest BCUT2D eigenvalue weighted by Gasteiger charge is 2.31. The van der Waals surface area contributed by atoms with Gasteiger partial charge in [0.15, 0.2) is 11.5 Å². The van der Waals surface area contributed by atoms with E-state index in [4.69, 9.17) is 9.47 Å². The zero-order chi connectivity index (χ0) is 21.1. The molecule has 5 nitrogen and oxygen atoms in total. The van der Waals surface area contributed by atoms with Crippen molar-refractivity contribution >= 4 is 11.6 Å². The van der Waals surface area contributed by atoms with E-state index in [0.29, 0.717) is 63.7 Å². The van der Waals surface area contributed by atoms with Crippen molar-refractivity contribution in [3.05, 3.63) is 53.6 Å². The van der Waals surface area contributed by atoms with Gasteiger partial charge in [-0.1, -0.05) is 12.1 Å². The van der Waals surface area contributed by atoms with Crippen molar-refractivity contribution in [2.75, 3.05) is 44.3 Å². The van der Waals surface area contributed by atoms with Crippen LogP contribution in [0.25, 0.3) is 0 Å². The molecule has 0 unspecified atom stereocenters. The van der Waals surface area contributed by atoms with Crippen LogP contribution in [0, 0.1) is 0 Å². The van der Waals surface area contributed by atoms with Gasteiger partial charge in [0.2, 0.25) is 5.91 Å². The molecule has 1 saturated heterocycles. The highest BCUT2D eigenvalue weighted by atomic mass is 19.4. The second-order valence-corrected chi connectivity index (χ2v) is 7.39. The summed E-state index contributed by atoms with van der Waals surface area (Å²) in [5, 5.41) is 0. The molecule has 2 heterocycles. The molecule has 4 rings (SSSR count). The van der Waals surface area contributed by atoms with Gasteiger partial charge in [-0.25, -0.2) is 0 Å². The number of ether oxygens (including phenoxy) is 2. The smallest absolute Gasteiger partial charge is 0.416 e. The zero-order valence-corrected chi connectivity index (χ0v) is 16.5. The molecule has 0 atom stereocenters. The molecule has 0 aromatic heterocycles. The van der Waals surface area contributed by atoms with Gasteiger partial charge >= 0.3 is 6.18 Å². The van der Waals surface area contributed by atoms with Gasteiger partial charge in [0.1, 0.15) is 13.2 Å². The normalized spacial score (nSPS) is 16.5. The molecule has 160 valence electrons. The van der Waals surface area contributed by atoms with Crippen LogP contribution in [0.2, 0.25) is 0 Å².